The van der Waals surface area contributed by atoms with Crippen LogP contribution in [0.5, 0.6) is 0 Å². The Morgan fingerprint density at radius 3 is 1.73 bits per heavy atom. The first-order valence-electron chi connectivity index (χ1n) is 11.5. The molecule has 0 bridgehead atoms. The summed E-state index contributed by atoms with van der Waals surface area (Å²) in [6.07, 6.45) is 20.1. The summed E-state index contributed by atoms with van der Waals surface area (Å²) in [6.45, 7) is 5.04. The van der Waals surface area contributed by atoms with Crippen molar-refractivity contribution in [2.45, 2.75) is 136 Å². The molecule has 0 spiro atoms. The van der Waals surface area contributed by atoms with Gasteiger partial charge in [0.1, 0.15) is 0 Å². The van der Waals surface area contributed by atoms with E-state index in [4.69, 9.17) is 4.74 Å². The molecule has 0 radical (unpaired) electrons. The van der Waals surface area contributed by atoms with E-state index < -0.39 is 0 Å². The van der Waals surface area contributed by atoms with Gasteiger partial charge in [-0.15, -0.1) is 0 Å². The van der Waals surface area contributed by atoms with Gasteiger partial charge in [0, 0.05) is 6.42 Å². The standard InChI is InChI=1S/C23H46O3/c1-3-5-7-9-10-11-13-17-21-26-23(25)20-16-15-19-22(24)18-14-12-8-6-4-2/h22,24H,3-21H2,1-2H3. The molecular weight excluding hydrogens is 324 g/mol. The highest BCUT2D eigenvalue weighted by molar-refractivity contribution is 5.69. The number of esters is 1. The quantitative estimate of drug-likeness (QED) is 0.186. The molecule has 0 rings (SSSR count). The Morgan fingerprint density at radius 2 is 1.15 bits per heavy atom. The van der Waals surface area contributed by atoms with Crippen molar-refractivity contribution in [3.05, 3.63) is 0 Å². The number of ether oxygens (including phenoxy) is 1. The Balaban J connectivity index is 3.28. The van der Waals surface area contributed by atoms with Crippen molar-refractivity contribution in [1.82, 2.24) is 0 Å². The normalized spacial score (nSPS) is 12.3. The summed E-state index contributed by atoms with van der Waals surface area (Å²) in [6, 6.07) is 0. The first-order valence-corrected chi connectivity index (χ1v) is 11.5. The second-order valence-corrected chi connectivity index (χ2v) is 7.80. The lowest BCUT2D eigenvalue weighted by Crippen LogP contribution is -2.08. The molecule has 0 aromatic rings. The van der Waals surface area contributed by atoms with Crippen LogP contribution in [0, 0.1) is 0 Å². The molecule has 1 atom stereocenters. The molecule has 0 aliphatic heterocycles. The van der Waals surface area contributed by atoms with Gasteiger partial charge < -0.3 is 9.84 Å². The van der Waals surface area contributed by atoms with Crippen molar-refractivity contribution in [3.8, 4) is 0 Å². The highest BCUT2D eigenvalue weighted by atomic mass is 16.5. The van der Waals surface area contributed by atoms with E-state index in [0.29, 0.717) is 13.0 Å². The maximum Gasteiger partial charge on any atom is 0.305 e. The molecule has 3 nitrogen and oxygen atoms in total. The van der Waals surface area contributed by atoms with E-state index in [1.54, 1.807) is 0 Å². The molecule has 0 aromatic carbocycles. The van der Waals surface area contributed by atoms with Gasteiger partial charge in [0.2, 0.25) is 0 Å². The lowest BCUT2D eigenvalue weighted by Gasteiger charge is -2.10. The number of hydrogen-bond acceptors (Lipinski definition) is 3. The van der Waals surface area contributed by atoms with Gasteiger partial charge in [-0.05, 0) is 25.7 Å². The predicted molar refractivity (Wildman–Crippen MR) is 111 cm³/mol. The molecule has 1 N–H and O–H groups in total. The number of carbonyl (C=O) groups excluding carboxylic acids is 1. The maximum atomic E-state index is 11.7. The Bertz CT molecular complexity index is 291. The van der Waals surface area contributed by atoms with Gasteiger partial charge in [0.15, 0.2) is 0 Å². The third-order valence-electron chi connectivity index (χ3n) is 5.07. The van der Waals surface area contributed by atoms with Crippen LogP contribution in [-0.2, 0) is 9.53 Å². The molecule has 26 heavy (non-hydrogen) atoms. The molecule has 156 valence electrons. The van der Waals surface area contributed by atoms with E-state index >= 15 is 0 Å². The zero-order valence-corrected chi connectivity index (χ0v) is 17.8. The molecule has 0 fully saturated rings. The number of carbonyl (C=O) groups is 1. The van der Waals surface area contributed by atoms with E-state index in [9.17, 15) is 9.90 Å². The minimum absolute atomic E-state index is 0.0676. The third kappa shape index (κ3) is 19.8. The Morgan fingerprint density at radius 1 is 0.692 bits per heavy atom. The van der Waals surface area contributed by atoms with Crippen molar-refractivity contribution in [2.75, 3.05) is 6.61 Å². The molecule has 0 heterocycles. The van der Waals surface area contributed by atoms with Crippen molar-refractivity contribution >= 4 is 5.97 Å². The van der Waals surface area contributed by atoms with Crippen LogP contribution in [0.1, 0.15) is 129 Å². The van der Waals surface area contributed by atoms with Gasteiger partial charge in [0.05, 0.1) is 12.7 Å². The maximum absolute atomic E-state index is 11.7. The van der Waals surface area contributed by atoms with Gasteiger partial charge in [0.25, 0.3) is 0 Å². The molecular formula is C23H46O3. The minimum atomic E-state index is -0.190. The summed E-state index contributed by atoms with van der Waals surface area (Å²) in [5.74, 6) is -0.0676. The van der Waals surface area contributed by atoms with Crippen LogP contribution in [0.3, 0.4) is 0 Å². The Labute approximate surface area is 163 Å². The molecule has 3 heteroatoms. The fourth-order valence-electron chi connectivity index (χ4n) is 3.27. The molecule has 0 amide bonds. The first-order chi connectivity index (χ1) is 12.7. The van der Waals surface area contributed by atoms with Crippen molar-refractivity contribution < 1.29 is 14.6 Å². The minimum Gasteiger partial charge on any atom is -0.466 e. The van der Waals surface area contributed by atoms with Crippen LogP contribution in [-0.4, -0.2) is 23.8 Å². The zero-order chi connectivity index (χ0) is 19.3. The van der Waals surface area contributed by atoms with E-state index in [-0.39, 0.29) is 12.1 Å². The average molecular weight is 371 g/mol. The van der Waals surface area contributed by atoms with E-state index in [1.807, 2.05) is 0 Å². The number of hydrogen-bond donors (Lipinski definition) is 1. The van der Waals surface area contributed by atoms with Crippen molar-refractivity contribution in [2.24, 2.45) is 0 Å². The molecule has 0 aliphatic carbocycles. The smallest absolute Gasteiger partial charge is 0.305 e. The molecule has 0 aromatic heterocycles. The Kier molecular flexibility index (Phi) is 20.3. The van der Waals surface area contributed by atoms with Gasteiger partial charge in [-0.3, -0.25) is 4.79 Å². The summed E-state index contributed by atoms with van der Waals surface area (Å²) < 4.78 is 5.30. The predicted octanol–water partition coefficient (Wildman–Crippen LogP) is 6.95. The van der Waals surface area contributed by atoms with Crippen molar-refractivity contribution in [1.29, 1.82) is 0 Å². The lowest BCUT2D eigenvalue weighted by atomic mass is 10.0. The number of rotatable bonds is 20. The number of unbranched alkanes of at least 4 members (excludes halogenated alkanes) is 12. The number of aliphatic hydroxyl groups excluding tert-OH is 1. The van der Waals surface area contributed by atoms with Crippen LogP contribution < -0.4 is 0 Å². The third-order valence-corrected chi connectivity index (χ3v) is 5.07. The number of aliphatic hydroxyl groups is 1. The molecule has 0 saturated carbocycles. The molecule has 0 saturated heterocycles. The van der Waals surface area contributed by atoms with Gasteiger partial charge in [-0.1, -0.05) is 97.3 Å². The molecule has 1 unspecified atom stereocenters. The fourth-order valence-corrected chi connectivity index (χ4v) is 3.27. The van der Waals surface area contributed by atoms with E-state index in [0.717, 1.165) is 38.5 Å². The Hall–Kier alpha value is -0.570. The van der Waals surface area contributed by atoms with E-state index in [1.165, 1.54) is 70.6 Å². The summed E-state index contributed by atoms with van der Waals surface area (Å²) in [4.78, 5) is 11.7. The van der Waals surface area contributed by atoms with E-state index in [2.05, 4.69) is 13.8 Å². The fraction of sp³-hybridized carbons (Fsp3) is 0.957. The second-order valence-electron chi connectivity index (χ2n) is 7.80. The SMILES string of the molecule is CCCCCCCCCCOC(=O)CCCCC(O)CCCCCCC. The summed E-state index contributed by atoms with van der Waals surface area (Å²) in [5, 5.41) is 9.95. The van der Waals surface area contributed by atoms with Crippen LogP contribution in [0.2, 0.25) is 0 Å². The average Bonchev–Trinajstić information content (AvgIpc) is 2.63. The van der Waals surface area contributed by atoms with Crippen molar-refractivity contribution in [3.63, 3.8) is 0 Å². The highest BCUT2D eigenvalue weighted by Crippen LogP contribution is 2.13. The summed E-state index contributed by atoms with van der Waals surface area (Å²) in [7, 11) is 0. The lowest BCUT2D eigenvalue weighted by molar-refractivity contribution is -0.143. The summed E-state index contributed by atoms with van der Waals surface area (Å²) in [5.41, 5.74) is 0. The second kappa shape index (κ2) is 20.7. The van der Waals surface area contributed by atoms with Gasteiger partial charge in [-0.25, -0.2) is 0 Å². The highest BCUT2D eigenvalue weighted by Gasteiger charge is 2.06. The van der Waals surface area contributed by atoms with Gasteiger partial charge >= 0.3 is 5.97 Å². The van der Waals surface area contributed by atoms with Crippen LogP contribution in [0.25, 0.3) is 0 Å². The largest absolute Gasteiger partial charge is 0.466 e. The van der Waals surface area contributed by atoms with Crippen LogP contribution >= 0.6 is 0 Å². The zero-order valence-electron chi connectivity index (χ0n) is 17.8. The topological polar surface area (TPSA) is 46.5 Å². The van der Waals surface area contributed by atoms with Crippen LogP contribution in [0.4, 0.5) is 0 Å². The monoisotopic (exact) mass is 370 g/mol. The van der Waals surface area contributed by atoms with Gasteiger partial charge in [-0.2, -0.15) is 0 Å². The van der Waals surface area contributed by atoms with Crippen LogP contribution in [0.15, 0.2) is 0 Å². The molecule has 0 aliphatic rings. The summed E-state index contributed by atoms with van der Waals surface area (Å²) >= 11 is 0. The first kappa shape index (κ1) is 25.4.